The topological polar surface area (TPSA) is 139 Å². The standard InChI is InChI=1S/C39H45N7O4/c1-23-37-39(23)18-32(38(50)43-24(2)27-12-9-7-10-13-27)46(37)34(49)21-45-36-28(14-8-5-6-11-15-33(48)42-22-39)16-29(30-19-40-26(4)41-20-30)17-31(36)35(44-45)25(3)47/h7,9-10,12-13,16-17,19-20,23-24,32,37H,5-6,8,11,14-15,18,21-22H2,1-4H3,(H,42,48)(H,43,50)/t23?,24-,32-,37?,39+/m0/s1. The van der Waals surface area contributed by atoms with Gasteiger partial charge in [0.05, 0.1) is 11.6 Å². The molecule has 260 valence electrons. The molecule has 7 rings (SSSR count). The highest BCUT2D eigenvalue weighted by Crippen LogP contribution is 2.64. The molecule has 2 aromatic heterocycles. The lowest BCUT2D eigenvalue weighted by Gasteiger charge is -2.29. The summed E-state index contributed by atoms with van der Waals surface area (Å²) in [5.41, 5.74) is 4.35. The van der Waals surface area contributed by atoms with Crippen molar-refractivity contribution in [2.24, 2.45) is 11.3 Å². The summed E-state index contributed by atoms with van der Waals surface area (Å²) in [4.78, 5) is 65.1. The molecule has 2 aliphatic heterocycles. The van der Waals surface area contributed by atoms with Crippen LogP contribution in [-0.4, -0.2) is 66.8 Å². The first kappa shape index (κ1) is 33.6. The first-order valence-electron chi connectivity index (χ1n) is 17.8. The SMILES string of the molecule is CC(=O)c1nn2c3c(cc(-c4cnc(C)nc4)cc13)CCCCCCC(=O)NC[C@@]13C[C@@H](C(=O)N[C@@H](C)c4ccccc4)N(C(=O)C2)C1C3C. The van der Waals surface area contributed by atoms with Crippen molar-refractivity contribution in [1.29, 1.82) is 0 Å². The summed E-state index contributed by atoms with van der Waals surface area (Å²) in [7, 11) is 0. The zero-order valence-corrected chi connectivity index (χ0v) is 29.2. The van der Waals surface area contributed by atoms with Crippen LogP contribution in [0.4, 0.5) is 0 Å². The monoisotopic (exact) mass is 675 g/mol. The zero-order valence-electron chi connectivity index (χ0n) is 29.2. The summed E-state index contributed by atoms with van der Waals surface area (Å²) in [6.07, 6.45) is 8.68. The maximum absolute atomic E-state index is 14.6. The highest BCUT2D eigenvalue weighted by Gasteiger charge is 2.72. The van der Waals surface area contributed by atoms with Crippen LogP contribution in [0, 0.1) is 18.3 Å². The first-order chi connectivity index (χ1) is 24.1. The Balaban J connectivity index is 1.29. The molecule has 2 bridgehead atoms. The third-order valence-electron chi connectivity index (χ3n) is 11.2. The first-order valence-corrected chi connectivity index (χ1v) is 17.8. The molecule has 1 saturated carbocycles. The maximum Gasteiger partial charge on any atom is 0.245 e. The highest BCUT2D eigenvalue weighted by molar-refractivity contribution is 6.07. The molecule has 11 heteroatoms. The van der Waals surface area contributed by atoms with Gasteiger partial charge < -0.3 is 15.5 Å². The predicted molar refractivity (Wildman–Crippen MR) is 189 cm³/mol. The van der Waals surface area contributed by atoms with Gasteiger partial charge in [0.25, 0.3) is 0 Å². The lowest BCUT2D eigenvalue weighted by Crippen LogP contribution is -2.50. The number of ketones is 1. The Kier molecular flexibility index (Phi) is 9.00. The number of benzene rings is 2. The number of aromatic nitrogens is 4. The van der Waals surface area contributed by atoms with Crippen molar-refractivity contribution in [3.05, 3.63) is 77.5 Å². The third-order valence-corrected chi connectivity index (χ3v) is 11.2. The number of carbonyl (C=O) groups is 4. The summed E-state index contributed by atoms with van der Waals surface area (Å²) in [5.74, 6) is 0.154. The largest absolute Gasteiger partial charge is 0.355 e. The van der Waals surface area contributed by atoms with Gasteiger partial charge in [-0.3, -0.25) is 23.9 Å². The summed E-state index contributed by atoms with van der Waals surface area (Å²) >= 11 is 0. The molecule has 1 aliphatic carbocycles. The van der Waals surface area contributed by atoms with Crippen LogP contribution >= 0.6 is 0 Å². The number of hydrogen-bond acceptors (Lipinski definition) is 7. The molecule has 3 amide bonds. The van der Waals surface area contributed by atoms with E-state index in [1.54, 1.807) is 22.0 Å². The van der Waals surface area contributed by atoms with E-state index in [9.17, 15) is 19.2 Å². The summed E-state index contributed by atoms with van der Waals surface area (Å²) in [5, 5.41) is 11.8. The molecule has 4 heterocycles. The number of amides is 3. The van der Waals surface area contributed by atoms with E-state index in [2.05, 4.69) is 33.6 Å². The van der Waals surface area contributed by atoms with Crippen LogP contribution in [0.15, 0.2) is 54.9 Å². The molecule has 11 nitrogen and oxygen atoms in total. The van der Waals surface area contributed by atoms with E-state index in [0.29, 0.717) is 42.7 Å². The lowest BCUT2D eigenvalue weighted by molar-refractivity contribution is -0.141. The van der Waals surface area contributed by atoms with Gasteiger partial charge >= 0.3 is 0 Å². The highest BCUT2D eigenvalue weighted by atomic mass is 16.2. The van der Waals surface area contributed by atoms with E-state index in [1.165, 1.54) is 6.92 Å². The fourth-order valence-electron chi connectivity index (χ4n) is 8.36. The Morgan fingerprint density at radius 2 is 1.72 bits per heavy atom. The minimum Gasteiger partial charge on any atom is -0.355 e. The zero-order chi connectivity index (χ0) is 35.2. The molecular weight excluding hydrogens is 630 g/mol. The number of nitrogens with zero attached hydrogens (tertiary/aromatic N) is 5. The second kappa shape index (κ2) is 13.4. The van der Waals surface area contributed by atoms with Crippen molar-refractivity contribution in [1.82, 2.24) is 35.3 Å². The third kappa shape index (κ3) is 6.18. The van der Waals surface area contributed by atoms with Gasteiger partial charge in [0.1, 0.15) is 24.1 Å². The lowest BCUT2D eigenvalue weighted by atomic mass is 9.95. The number of carbonyl (C=O) groups excluding carboxylic acids is 4. The van der Waals surface area contributed by atoms with Crippen molar-refractivity contribution < 1.29 is 19.2 Å². The maximum atomic E-state index is 14.6. The summed E-state index contributed by atoms with van der Waals surface area (Å²) in [6.45, 7) is 7.68. The van der Waals surface area contributed by atoms with Crippen molar-refractivity contribution in [2.75, 3.05) is 6.54 Å². The molecule has 4 aromatic rings. The second-order valence-electron chi connectivity index (χ2n) is 14.4. The molecule has 1 saturated heterocycles. The van der Waals surface area contributed by atoms with Crippen LogP contribution in [0.1, 0.15) is 92.8 Å². The fraction of sp³-hybridized carbons (Fsp3) is 0.462. The average Bonchev–Trinajstić information content (AvgIpc) is 3.36. The molecule has 2 unspecified atom stereocenters. The number of rotatable bonds is 5. The van der Waals surface area contributed by atoms with Gasteiger partial charge in [-0.25, -0.2) is 9.97 Å². The van der Waals surface area contributed by atoms with Gasteiger partial charge in [0.15, 0.2) is 5.78 Å². The van der Waals surface area contributed by atoms with Crippen LogP contribution in [0.25, 0.3) is 22.0 Å². The molecule has 0 spiro atoms. The molecule has 50 heavy (non-hydrogen) atoms. The number of nitrogens with one attached hydrogen (secondary N) is 2. The number of Topliss-reactive ketones (excluding diaryl/α,β-unsaturated/α-hetero) is 1. The Hall–Kier alpha value is -4.93. The molecule has 3 aliphatic rings. The summed E-state index contributed by atoms with van der Waals surface area (Å²) in [6, 6.07) is 12.6. The molecule has 2 fully saturated rings. The molecule has 5 atom stereocenters. The van der Waals surface area contributed by atoms with Crippen molar-refractivity contribution in [3.63, 3.8) is 0 Å². The molecule has 2 aromatic carbocycles. The second-order valence-corrected chi connectivity index (χ2v) is 14.4. The van der Waals surface area contributed by atoms with Gasteiger partial charge in [-0.15, -0.1) is 0 Å². The molecule has 2 N–H and O–H groups in total. The Morgan fingerprint density at radius 3 is 2.44 bits per heavy atom. The number of piperidine rings is 1. The van der Waals surface area contributed by atoms with E-state index < -0.39 is 6.04 Å². The van der Waals surface area contributed by atoms with Crippen LogP contribution in [-0.2, 0) is 27.3 Å². The van der Waals surface area contributed by atoms with Crippen molar-refractivity contribution in [3.8, 4) is 11.1 Å². The van der Waals surface area contributed by atoms with Gasteiger partial charge in [-0.05, 0) is 74.3 Å². The number of aryl methyl sites for hydroxylation is 2. The fourth-order valence-corrected chi connectivity index (χ4v) is 8.36. The van der Waals surface area contributed by atoms with Crippen LogP contribution < -0.4 is 10.6 Å². The summed E-state index contributed by atoms with van der Waals surface area (Å²) < 4.78 is 1.67. The molecular formula is C39H45N7O4. The van der Waals surface area contributed by atoms with E-state index >= 15 is 0 Å². The van der Waals surface area contributed by atoms with Crippen LogP contribution in [0.2, 0.25) is 0 Å². The van der Waals surface area contributed by atoms with Gasteiger partial charge in [0.2, 0.25) is 17.7 Å². The Morgan fingerprint density at radius 1 is 1.00 bits per heavy atom. The smallest absolute Gasteiger partial charge is 0.245 e. The van der Waals surface area contributed by atoms with Crippen molar-refractivity contribution in [2.45, 2.75) is 97.3 Å². The van der Waals surface area contributed by atoms with Gasteiger partial charge in [0, 0.05) is 54.7 Å². The predicted octanol–water partition coefficient (Wildman–Crippen LogP) is 5.11. The number of hydrogen-bond donors (Lipinski definition) is 2. The van der Waals surface area contributed by atoms with E-state index in [1.807, 2.05) is 50.2 Å². The quantitative estimate of drug-likeness (QED) is 0.280. The Labute approximate surface area is 292 Å². The van der Waals surface area contributed by atoms with Gasteiger partial charge in [-0.2, -0.15) is 5.10 Å². The Bertz CT molecular complexity index is 1960. The minimum absolute atomic E-state index is 0.0108. The van der Waals surface area contributed by atoms with E-state index in [4.69, 9.17) is 5.10 Å². The van der Waals surface area contributed by atoms with Gasteiger partial charge in [-0.1, -0.05) is 50.1 Å². The minimum atomic E-state index is -0.702. The van der Waals surface area contributed by atoms with E-state index in [0.717, 1.165) is 53.5 Å². The van der Waals surface area contributed by atoms with Crippen molar-refractivity contribution >= 4 is 34.4 Å². The van der Waals surface area contributed by atoms with Crippen LogP contribution in [0.5, 0.6) is 0 Å². The van der Waals surface area contributed by atoms with Crippen LogP contribution in [0.3, 0.4) is 0 Å². The molecule has 0 radical (unpaired) electrons. The van der Waals surface area contributed by atoms with E-state index in [-0.39, 0.29) is 53.5 Å². The normalized spacial score (nSPS) is 24.6. The average molecular weight is 676 g/mol.